The van der Waals surface area contributed by atoms with Crippen molar-refractivity contribution in [2.24, 2.45) is 0 Å². The van der Waals surface area contributed by atoms with Crippen LogP contribution in [0, 0.1) is 0 Å². The van der Waals surface area contributed by atoms with E-state index in [-0.39, 0.29) is 6.09 Å². The van der Waals surface area contributed by atoms with Crippen LogP contribution in [0.1, 0.15) is 53.4 Å². The molecule has 0 aliphatic carbocycles. The third-order valence-electron chi connectivity index (χ3n) is 5.03. The molecule has 164 valence electrons. The molecule has 6 nitrogen and oxygen atoms in total. The van der Waals surface area contributed by atoms with Gasteiger partial charge in [-0.05, 0) is 51.5 Å². The predicted octanol–water partition coefficient (Wildman–Crippen LogP) is 6.28. The molecule has 0 aliphatic rings. The quantitative estimate of drug-likeness (QED) is 0.264. The van der Waals surface area contributed by atoms with Crippen LogP contribution in [0.5, 0.6) is 0 Å². The molecule has 0 atom stereocenters. The van der Waals surface area contributed by atoms with Gasteiger partial charge >= 0.3 is 6.09 Å². The number of anilines is 2. The lowest BCUT2D eigenvalue weighted by Crippen LogP contribution is -2.37. The Balaban J connectivity index is 2.04. The summed E-state index contributed by atoms with van der Waals surface area (Å²) in [6, 6.07) is 13.4. The molecule has 0 bridgehead atoms. The van der Waals surface area contributed by atoms with Gasteiger partial charge in [0.1, 0.15) is 5.60 Å². The number of para-hydroxylation sites is 1. The van der Waals surface area contributed by atoms with Crippen LogP contribution in [0.4, 0.5) is 16.2 Å². The summed E-state index contributed by atoms with van der Waals surface area (Å²) in [6.45, 7) is 8.34. The molecule has 3 aromatic rings. The monoisotopic (exact) mass is 421 g/mol. The summed E-state index contributed by atoms with van der Waals surface area (Å²) in [5, 5.41) is 4.52. The highest BCUT2D eigenvalue weighted by atomic mass is 16.6. The third kappa shape index (κ3) is 5.51. The number of carbonyl (C=O) groups excluding carboxylic acids is 2. The number of fused-ring (bicyclic) bond motifs is 2. The summed E-state index contributed by atoms with van der Waals surface area (Å²) in [5.74, 6) is 0. The number of amides is 2. The van der Waals surface area contributed by atoms with Gasteiger partial charge in [0.05, 0.1) is 16.7 Å². The number of ether oxygens (including phenoxy) is 1. The van der Waals surface area contributed by atoms with E-state index in [1.165, 1.54) is 0 Å². The summed E-state index contributed by atoms with van der Waals surface area (Å²) >= 11 is 0. The number of carbonyl (C=O) groups is 2. The van der Waals surface area contributed by atoms with Crippen molar-refractivity contribution in [1.82, 2.24) is 4.98 Å². The highest BCUT2D eigenvalue weighted by Crippen LogP contribution is 2.33. The van der Waals surface area contributed by atoms with Gasteiger partial charge in [-0.3, -0.25) is 9.69 Å². The number of nitrogens with one attached hydrogen (secondary N) is 1. The van der Waals surface area contributed by atoms with Crippen molar-refractivity contribution in [2.45, 2.75) is 59.0 Å². The highest BCUT2D eigenvalue weighted by Gasteiger charge is 2.24. The van der Waals surface area contributed by atoms with Gasteiger partial charge < -0.3 is 10.1 Å². The molecule has 0 fully saturated rings. The van der Waals surface area contributed by atoms with E-state index in [0.717, 1.165) is 47.7 Å². The first kappa shape index (κ1) is 22.5. The van der Waals surface area contributed by atoms with E-state index in [1.807, 2.05) is 63.2 Å². The summed E-state index contributed by atoms with van der Waals surface area (Å²) in [5.41, 5.74) is 2.36. The fourth-order valence-electron chi connectivity index (χ4n) is 3.60. The lowest BCUT2D eigenvalue weighted by molar-refractivity contribution is -0.105. The van der Waals surface area contributed by atoms with E-state index < -0.39 is 5.60 Å². The fourth-order valence-corrected chi connectivity index (χ4v) is 3.60. The van der Waals surface area contributed by atoms with Crippen molar-refractivity contribution >= 4 is 45.7 Å². The van der Waals surface area contributed by atoms with Crippen LogP contribution in [-0.4, -0.2) is 29.6 Å². The van der Waals surface area contributed by atoms with Crippen molar-refractivity contribution in [2.75, 3.05) is 16.8 Å². The van der Waals surface area contributed by atoms with Crippen LogP contribution >= 0.6 is 0 Å². The van der Waals surface area contributed by atoms with E-state index in [2.05, 4.69) is 12.2 Å². The maximum Gasteiger partial charge on any atom is 0.414 e. The minimum absolute atomic E-state index is 0.365. The highest BCUT2D eigenvalue weighted by molar-refractivity contribution is 6.11. The van der Waals surface area contributed by atoms with Crippen LogP contribution in [0.2, 0.25) is 0 Å². The molecule has 31 heavy (non-hydrogen) atoms. The van der Waals surface area contributed by atoms with Gasteiger partial charge in [0.25, 0.3) is 0 Å². The number of benzene rings is 2. The van der Waals surface area contributed by atoms with Crippen LogP contribution in [-0.2, 0) is 9.53 Å². The SMILES string of the molecule is CCCCCCN(C(=O)OC(C)(C)C)c1ccc2c(NC=O)c3ccccc3nc2c1. The molecule has 0 spiro atoms. The molecule has 2 amide bonds. The van der Waals surface area contributed by atoms with E-state index in [1.54, 1.807) is 4.90 Å². The number of unbranched alkanes of at least 4 members (excludes halogenated alkanes) is 3. The minimum atomic E-state index is -0.578. The molecule has 0 aliphatic heterocycles. The Hall–Kier alpha value is -3.15. The topological polar surface area (TPSA) is 71.5 Å². The van der Waals surface area contributed by atoms with Crippen molar-refractivity contribution < 1.29 is 14.3 Å². The zero-order chi connectivity index (χ0) is 22.4. The molecule has 2 aromatic carbocycles. The van der Waals surface area contributed by atoms with Gasteiger partial charge in [-0.2, -0.15) is 0 Å². The van der Waals surface area contributed by atoms with Gasteiger partial charge in [-0.1, -0.05) is 44.4 Å². The Bertz CT molecular complexity index is 1070. The first-order chi connectivity index (χ1) is 14.8. The average Bonchev–Trinajstić information content (AvgIpc) is 2.72. The molecule has 0 unspecified atom stereocenters. The number of rotatable bonds is 8. The lowest BCUT2D eigenvalue weighted by Gasteiger charge is -2.28. The average molecular weight is 422 g/mol. The zero-order valence-corrected chi connectivity index (χ0v) is 18.8. The molecule has 0 saturated carbocycles. The van der Waals surface area contributed by atoms with Crippen LogP contribution < -0.4 is 10.2 Å². The summed E-state index contributed by atoms with van der Waals surface area (Å²) in [7, 11) is 0. The van der Waals surface area contributed by atoms with E-state index in [4.69, 9.17) is 9.72 Å². The Morgan fingerprint density at radius 2 is 1.81 bits per heavy atom. The summed E-state index contributed by atoms with van der Waals surface area (Å²) in [6.07, 6.45) is 4.53. The molecule has 3 rings (SSSR count). The maximum absolute atomic E-state index is 13.0. The zero-order valence-electron chi connectivity index (χ0n) is 18.8. The molecule has 0 radical (unpaired) electrons. The first-order valence-electron chi connectivity index (χ1n) is 10.9. The van der Waals surface area contributed by atoms with Crippen LogP contribution in [0.25, 0.3) is 21.8 Å². The van der Waals surface area contributed by atoms with E-state index >= 15 is 0 Å². The van der Waals surface area contributed by atoms with E-state index in [0.29, 0.717) is 24.2 Å². The Labute approximate surface area is 183 Å². The summed E-state index contributed by atoms with van der Waals surface area (Å²) in [4.78, 5) is 30.7. The normalized spacial score (nSPS) is 11.5. The van der Waals surface area contributed by atoms with Gasteiger partial charge in [-0.25, -0.2) is 9.78 Å². The second kappa shape index (κ2) is 9.77. The predicted molar refractivity (Wildman–Crippen MR) is 127 cm³/mol. The second-order valence-corrected chi connectivity index (χ2v) is 8.66. The van der Waals surface area contributed by atoms with Gasteiger partial charge in [0, 0.05) is 23.0 Å². The molecule has 0 saturated heterocycles. The summed E-state index contributed by atoms with van der Waals surface area (Å²) < 4.78 is 5.66. The molecular formula is C25H31N3O3. The third-order valence-corrected chi connectivity index (χ3v) is 5.03. The Morgan fingerprint density at radius 3 is 2.52 bits per heavy atom. The molecule has 1 aromatic heterocycles. The standard InChI is InChI=1S/C25H31N3O3/c1-5-6-7-10-15-28(24(30)31-25(2,3)4)18-13-14-20-22(16-18)27-21-12-9-8-11-19(21)23(20)26-17-29/h8-9,11-14,16-17H,5-7,10,15H2,1-4H3,(H,26,27,29). The van der Waals surface area contributed by atoms with E-state index in [9.17, 15) is 9.59 Å². The van der Waals surface area contributed by atoms with Crippen molar-refractivity contribution in [3.8, 4) is 0 Å². The molecule has 1 N–H and O–H groups in total. The second-order valence-electron chi connectivity index (χ2n) is 8.66. The maximum atomic E-state index is 13.0. The number of hydrogen-bond acceptors (Lipinski definition) is 4. The largest absolute Gasteiger partial charge is 0.443 e. The number of pyridine rings is 1. The van der Waals surface area contributed by atoms with Crippen molar-refractivity contribution in [3.05, 3.63) is 42.5 Å². The first-order valence-corrected chi connectivity index (χ1v) is 10.9. The lowest BCUT2D eigenvalue weighted by atomic mass is 10.1. The Morgan fingerprint density at radius 1 is 1.06 bits per heavy atom. The molecule has 6 heteroatoms. The molecular weight excluding hydrogens is 390 g/mol. The van der Waals surface area contributed by atoms with Crippen LogP contribution in [0.15, 0.2) is 42.5 Å². The van der Waals surface area contributed by atoms with Gasteiger partial charge in [0.2, 0.25) is 6.41 Å². The number of hydrogen-bond donors (Lipinski definition) is 1. The van der Waals surface area contributed by atoms with Gasteiger partial charge in [0.15, 0.2) is 0 Å². The van der Waals surface area contributed by atoms with Crippen LogP contribution in [0.3, 0.4) is 0 Å². The Kier molecular flexibility index (Phi) is 7.10. The number of nitrogens with zero attached hydrogens (tertiary/aromatic N) is 2. The fraction of sp³-hybridized carbons (Fsp3) is 0.400. The smallest absolute Gasteiger partial charge is 0.414 e. The van der Waals surface area contributed by atoms with Crippen molar-refractivity contribution in [1.29, 1.82) is 0 Å². The number of aromatic nitrogens is 1. The van der Waals surface area contributed by atoms with Crippen molar-refractivity contribution in [3.63, 3.8) is 0 Å². The van der Waals surface area contributed by atoms with Gasteiger partial charge in [-0.15, -0.1) is 0 Å². The molecule has 1 heterocycles. The minimum Gasteiger partial charge on any atom is -0.443 e.